The second kappa shape index (κ2) is 7.09. The van der Waals surface area contributed by atoms with E-state index in [2.05, 4.69) is 32.9 Å². The molecule has 0 aliphatic rings. The number of benzene rings is 1. The quantitative estimate of drug-likeness (QED) is 0.767. The third kappa shape index (κ3) is 4.57. The molecule has 21 heavy (non-hydrogen) atoms. The van der Waals surface area contributed by atoms with Crippen molar-refractivity contribution in [2.24, 2.45) is 0 Å². The van der Waals surface area contributed by atoms with Gasteiger partial charge >= 0.3 is 0 Å². The fourth-order valence-electron chi connectivity index (χ4n) is 1.77. The van der Waals surface area contributed by atoms with Crippen LogP contribution in [0.5, 0.6) is 5.75 Å². The number of hydrogen-bond donors (Lipinski definition) is 1. The highest BCUT2D eigenvalue weighted by Crippen LogP contribution is 2.25. The minimum absolute atomic E-state index is 0.0752. The number of amides is 1. The van der Waals surface area contributed by atoms with Gasteiger partial charge in [-0.1, -0.05) is 11.6 Å². The van der Waals surface area contributed by atoms with Crippen LogP contribution in [0.15, 0.2) is 30.5 Å². The Labute approximate surface area is 142 Å². The van der Waals surface area contributed by atoms with Crippen LogP contribution in [0.2, 0.25) is 5.02 Å². The Hall–Kier alpha value is -1.34. The molecule has 1 N–H and O–H groups in total. The molecule has 0 bridgehead atoms. The van der Waals surface area contributed by atoms with Crippen LogP contribution in [0.25, 0.3) is 0 Å². The maximum absolute atomic E-state index is 11.8. The van der Waals surface area contributed by atoms with Gasteiger partial charge in [0.25, 0.3) is 5.91 Å². The summed E-state index contributed by atoms with van der Waals surface area (Å²) in [6.07, 6.45) is 1.68. The van der Waals surface area contributed by atoms with Crippen molar-refractivity contribution in [3.63, 3.8) is 0 Å². The summed E-state index contributed by atoms with van der Waals surface area (Å²) in [6, 6.07) is 7.24. The number of aromatic nitrogens is 1. The summed E-state index contributed by atoms with van der Waals surface area (Å²) >= 11 is 8.24. The molecule has 0 saturated carbocycles. The van der Waals surface area contributed by atoms with E-state index >= 15 is 0 Å². The fraction of sp³-hybridized carbons (Fsp3) is 0.200. The maximum Gasteiger partial charge on any atom is 0.263 e. The fourth-order valence-corrected chi connectivity index (χ4v) is 2.20. The van der Waals surface area contributed by atoms with Gasteiger partial charge in [0.1, 0.15) is 11.6 Å². The summed E-state index contributed by atoms with van der Waals surface area (Å²) in [5.41, 5.74) is 1.85. The SMILES string of the molecule is Cc1cc(OCC(=O)Nc2ccc(I)cn2)cc(C)c1Cl. The number of halogens is 2. The van der Waals surface area contributed by atoms with Gasteiger partial charge in [-0.2, -0.15) is 0 Å². The lowest BCUT2D eigenvalue weighted by Gasteiger charge is -2.10. The molecular formula is C15H14ClIN2O2. The summed E-state index contributed by atoms with van der Waals surface area (Å²) in [4.78, 5) is 15.9. The number of anilines is 1. The van der Waals surface area contributed by atoms with E-state index in [0.717, 1.165) is 19.7 Å². The lowest BCUT2D eigenvalue weighted by Crippen LogP contribution is -2.20. The van der Waals surface area contributed by atoms with Crippen molar-refractivity contribution in [3.8, 4) is 5.75 Å². The molecule has 0 spiro atoms. The Bertz CT molecular complexity index is 636. The van der Waals surface area contributed by atoms with Crippen molar-refractivity contribution in [1.82, 2.24) is 4.98 Å². The van der Waals surface area contributed by atoms with Gasteiger partial charge in [0.05, 0.1) is 0 Å². The van der Waals surface area contributed by atoms with Gasteiger partial charge in [0.15, 0.2) is 6.61 Å². The highest BCUT2D eigenvalue weighted by atomic mass is 127. The number of nitrogens with one attached hydrogen (secondary N) is 1. The zero-order chi connectivity index (χ0) is 15.4. The van der Waals surface area contributed by atoms with Gasteiger partial charge < -0.3 is 10.1 Å². The molecule has 6 heteroatoms. The molecule has 2 rings (SSSR count). The smallest absolute Gasteiger partial charge is 0.263 e. The predicted octanol–water partition coefficient (Wildman–Crippen LogP) is 3.97. The standard InChI is InChI=1S/C15H14ClIN2O2/c1-9-5-12(6-10(2)15(9)16)21-8-14(20)19-13-4-3-11(17)7-18-13/h3-7H,8H2,1-2H3,(H,18,19,20). The Morgan fingerprint density at radius 1 is 1.33 bits per heavy atom. The lowest BCUT2D eigenvalue weighted by atomic mass is 10.1. The first kappa shape index (κ1) is 16.0. The normalized spacial score (nSPS) is 10.3. The van der Waals surface area contributed by atoms with E-state index < -0.39 is 0 Å². The van der Waals surface area contributed by atoms with Crippen LogP contribution in [0, 0.1) is 17.4 Å². The third-order valence-electron chi connectivity index (χ3n) is 2.77. The molecule has 0 aliphatic heterocycles. The van der Waals surface area contributed by atoms with Gasteiger partial charge in [-0.3, -0.25) is 4.79 Å². The van der Waals surface area contributed by atoms with Crippen molar-refractivity contribution in [3.05, 3.63) is 50.2 Å². The van der Waals surface area contributed by atoms with Crippen molar-refractivity contribution >= 4 is 45.9 Å². The van der Waals surface area contributed by atoms with Crippen molar-refractivity contribution in [2.75, 3.05) is 11.9 Å². The van der Waals surface area contributed by atoms with Crippen molar-refractivity contribution < 1.29 is 9.53 Å². The zero-order valence-electron chi connectivity index (χ0n) is 11.6. The van der Waals surface area contributed by atoms with Crippen molar-refractivity contribution in [1.29, 1.82) is 0 Å². The molecule has 0 unspecified atom stereocenters. The van der Waals surface area contributed by atoms with Crippen LogP contribution in [-0.4, -0.2) is 17.5 Å². The first-order valence-corrected chi connectivity index (χ1v) is 7.72. The number of aryl methyl sites for hydroxylation is 2. The van der Waals surface area contributed by atoms with E-state index in [9.17, 15) is 4.79 Å². The average molecular weight is 417 g/mol. The van der Waals surface area contributed by atoms with E-state index in [1.807, 2.05) is 32.0 Å². The molecule has 1 amide bonds. The second-order valence-corrected chi connectivity index (χ2v) is 6.19. The van der Waals surface area contributed by atoms with Crippen LogP contribution < -0.4 is 10.1 Å². The maximum atomic E-state index is 11.8. The minimum atomic E-state index is -0.256. The zero-order valence-corrected chi connectivity index (χ0v) is 14.5. The van der Waals surface area contributed by atoms with Crippen molar-refractivity contribution in [2.45, 2.75) is 13.8 Å². The van der Waals surface area contributed by atoms with Gasteiger partial charge in [-0.25, -0.2) is 4.98 Å². The van der Waals surface area contributed by atoms with Crippen LogP contribution in [0.1, 0.15) is 11.1 Å². The largest absolute Gasteiger partial charge is 0.484 e. The molecule has 4 nitrogen and oxygen atoms in total. The summed E-state index contributed by atoms with van der Waals surface area (Å²) in [5, 5.41) is 3.39. The average Bonchev–Trinajstić information content (AvgIpc) is 2.45. The Morgan fingerprint density at radius 3 is 2.57 bits per heavy atom. The highest BCUT2D eigenvalue weighted by molar-refractivity contribution is 14.1. The third-order valence-corrected chi connectivity index (χ3v) is 4.01. The number of rotatable bonds is 4. The molecule has 0 fully saturated rings. The first-order chi connectivity index (χ1) is 9.95. The van der Waals surface area contributed by atoms with Crippen LogP contribution in [-0.2, 0) is 4.79 Å². The molecule has 0 aliphatic carbocycles. The predicted molar refractivity (Wildman–Crippen MR) is 92.0 cm³/mol. The van der Waals surface area contributed by atoms with Gasteiger partial charge in [0, 0.05) is 14.8 Å². The summed E-state index contributed by atoms with van der Waals surface area (Å²) in [7, 11) is 0. The number of pyridine rings is 1. The Balaban J connectivity index is 1.93. The Morgan fingerprint density at radius 2 is 2.00 bits per heavy atom. The summed E-state index contributed by atoms with van der Waals surface area (Å²) < 4.78 is 6.49. The van der Waals surface area contributed by atoms with E-state index in [0.29, 0.717) is 11.6 Å². The molecule has 110 valence electrons. The first-order valence-electron chi connectivity index (χ1n) is 6.26. The van der Waals surface area contributed by atoms with Gasteiger partial charge in [-0.15, -0.1) is 0 Å². The highest BCUT2D eigenvalue weighted by Gasteiger charge is 2.07. The molecular weight excluding hydrogens is 403 g/mol. The molecule has 1 aromatic carbocycles. The molecule has 2 aromatic rings. The summed E-state index contributed by atoms with van der Waals surface area (Å²) in [6.45, 7) is 3.73. The molecule has 0 saturated heterocycles. The number of ether oxygens (including phenoxy) is 1. The number of carbonyl (C=O) groups excluding carboxylic acids is 1. The Kier molecular flexibility index (Phi) is 5.41. The minimum Gasteiger partial charge on any atom is -0.484 e. The van der Waals surface area contributed by atoms with Gasteiger partial charge in [0.2, 0.25) is 0 Å². The molecule has 0 atom stereocenters. The van der Waals surface area contributed by atoms with Gasteiger partial charge in [-0.05, 0) is 71.8 Å². The number of hydrogen-bond acceptors (Lipinski definition) is 3. The van der Waals surface area contributed by atoms with Crippen LogP contribution >= 0.6 is 34.2 Å². The van der Waals surface area contributed by atoms with Crippen LogP contribution in [0.4, 0.5) is 5.82 Å². The van der Waals surface area contributed by atoms with Crippen LogP contribution in [0.3, 0.4) is 0 Å². The van der Waals surface area contributed by atoms with E-state index in [-0.39, 0.29) is 12.5 Å². The molecule has 0 radical (unpaired) electrons. The molecule has 1 aromatic heterocycles. The number of nitrogens with zero attached hydrogens (tertiary/aromatic N) is 1. The van der Waals surface area contributed by atoms with E-state index in [1.165, 1.54) is 0 Å². The molecule has 1 heterocycles. The summed E-state index contributed by atoms with van der Waals surface area (Å²) in [5.74, 6) is 0.876. The van der Waals surface area contributed by atoms with E-state index in [1.54, 1.807) is 12.3 Å². The number of carbonyl (C=O) groups is 1. The lowest BCUT2D eigenvalue weighted by molar-refractivity contribution is -0.118. The second-order valence-electron chi connectivity index (χ2n) is 4.57. The van der Waals surface area contributed by atoms with E-state index in [4.69, 9.17) is 16.3 Å². The monoisotopic (exact) mass is 416 g/mol. The topological polar surface area (TPSA) is 51.2 Å².